The van der Waals surface area contributed by atoms with Gasteiger partial charge in [0.2, 0.25) is 5.91 Å². The van der Waals surface area contributed by atoms with Gasteiger partial charge in [-0.1, -0.05) is 60.1 Å². The van der Waals surface area contributed by atoms with E-state index in [2.05, 4.69) is 5.32 Å². The lowest BCUT2D eigenvalue weighted by Crippen LogP contribution is -2.34. The number of carbonyl (C=O) groups excluding carboxylic acids is 2. The molecule has 1 heterocycles. The summed E-state index contributed by atoms with van der Waals surface area (Å²) >= 11 is 6.20. The Balaban J connectivity index is 1.55. The van der Waals surface area contributed by atoms with Crippen LogP contribution in [-0.2, 0) is 17.9 Å². The molecule has 1 N–H and O–H groups in total. The number of rotatable bonds is 7. The highest BCUT2D eigenvalue weighted by Gasteiger charge is 2.34. The first kappa shape index (κ1) is 20.9. The van der Waals surface area contributed by atoms with Crippen LogP contribution in [0.25, 0.3) is 0 Å². The predicted octanol–water partition coefficient (Wildman–Crippen LogP) is 4.75. The van der Waals surface area contributed by atoms with Gasteiger partial charge in [-0.25, -0.2) is 0 Å². The summed E-state index contributed by atoms with van der Waals surface area (Å²) in [5.74, 6) is 0.515. The van der Waals surface area contributed by atoms with Gasteiger partial charge in [0.1, 0.15) is 5.75 Å². The summed E-state index contributed by atoms with van der Waals surface area (Å²) in [7, 11) is 1.61. The normalized spacial score (nSPS) is 13.6. The van der Waals surface area contributed by atoms with Crippen molar-refractivity contribution in [2.45, 2.75) is 25.6 Å². The number of halogens is 1. The van der Waals surface area contributed by atoms with Crippen molar-refractivity contribution in [2.75, 3.05) is 7.11 Å². The molecule has 0 fully saturated rings. The topological polar surface area (TPSA) is 58.6 Å². The molecular weight excluding hydrogens is 412 g/mol. The van der Waals surface area contributed by atoms with E-state index in [0.29, 0.717) is 23.7 Å². The Kier molecular flexibility index (Phi) is 6.23. The summed E-state index contributed by atoms with van der Waals surface area (Å²) in [5, 5.41) is 3.55. The van der Waals surface area contributed by atoms with Crippen LogP contribution in [0.3, 0.4) is 0 Å². The minimum atomic E-state index is -0.392. The van der Waals surface area contributed by atoms with Crippen molar-refractivity contribution in [3.63, 3.8) is 0 Å². The van der Waals surface area contributed by atoms with Crippen LogP contribution in [0, 0.1) is 0 Å². The Morgan fingerprint density at radius 3 is 2.48 bits per heavy atom. The summed E-state index contributed by atoms with van der Waals surface area (Å²) in [5.41, 5.74) is 3.40. The average Bonchev–Trinajstić information content (AvgIpc) is 3.13. The van der Waals surface area contributed by atoms with Crippen LogP contribution in [0.5, 0.6) is 5.75 Å². The number of ether oxygens (including phenoxy) is 1. The molecule has 0 aliphatic carbocycles. The maximum atomic E-state index is 13.1. The van der Waals surface area contributed by atoms with Gasteiger partial charge in [0.25, 0.3) is 5.91 Å². The van der Waals surface area contributed by atoms with Crippen molar-refractivity contribution in [1.29, 1.82) is 0 Å². The molecule has 0 bridgehead atoms. The highest BCUT2D eigenvalue weighted by molar-refractivity contribution is 6.31. The summed E-state index contributed by atoms with van der Waals surface area (Å²) in [4.78, 5) is 27.7. The number of hydrogen-bond donors (Lipinski definition) is 1. The average molecular weight is 435 g/mol. The molecule has 3 aromatic rings. The van der Waals surface area contributed by atoms with E-state index in [9.17, 15) is 9.59 Å². The maximum absolute atomic E-state index is 13.1. The molecule has 6 heteroatoms. The van der Waals surface area contributed by atoms with E-state index in [1.165, 1.54) is 0 Å². The molecule has 0 spiro atoms. The number of carbonyl (C=O) groups is 2. The second-order valence-electron chi connectivity index (χ2n) is 7.45. The van der Waals surface area contributed by atoms with E-state index in [4.69, 9.17) is 16.3 Å². The highest BCUT2D eigenvalue weighted by Crippen LogP contribution is 2.34. The first-order valence-corrected chi connectivity index (χ1v) is 10.5. The van der Waals surface area contributed by atoms with E-state index in [1.807, 2.05) is 66.7 Å². The highest BCUT2D eigenvalue weighted by atomic mass is 35.5. The SMILES string of the molecule is COc1ccc([C@@H](CC(=O)NCc2ccccc2Cl)N2Cc3ccccc3C2=O)cc1. The van der Waals surface area contributed by atoms with Crippen LogP contribution in [0.4, 0.5) is 0 Å². The van der Waals surface area contributed by atoms with Gasteiger partial charge in [-0.3, -0.25) is 9.59 Å². The summed E-state index contributed by atoms with van der Waals surface area (Å²) < 4.78 is 5.25. The molecule has 31 heavy (non-hydrogen) atoms. The van der Waals surface area contributed by atoms with Gasteiger partial charge in [0.05, 0.1) is 19.6 Å². The molecule has 0 aromatic heterocycles. The van der Waals surface area contributed by atoms with E-state index in [0.717, 1.165) is 22.4 Å². The van der Waals surface area contributed by atoms with Crippen LogP contribution < -0.4 is 10.1 Å². The molecule has 4 rings (SSSR count). The number of nitrogens with zero attached hydrogens (tertiary/aromatic N) is 1. The molecule has 1 atom stereocenters. The van der Waals surface area contributed by atoms with Crippen LogP contribution in [-0.4, -0.2) is 23.8 Å². The zero-order valence-electron chi connectivity index (χ0n) is 17.2. The molecule has 1 aliphatic rings. The van der Waals surface area contributed by atoms with Crippen molar-refractivity contribution < 1.29 is 14.3 Å². The maximum Gasteiger partial charge on any atom is 0.255 e. The molecule has 158 valence electrons. The predicted molar refractivity (Wildman–Crippen MR) is 120 cm³/mol. The molecule has 0 radical (unpaired) electrons. The van der Waals surface area contributed by atoms with Crippen molar-refractivity contribution in [3.8, 4) is 5.75 Å². The smallest absolute Gasteiger partial charge is 0.255 e. The molecule has 3 aromatic carbocycles. The van der Waals surface area contributed by atoms with Gasteiger partial charge < -0.3 is 15.0 Å². The zero-order chi connectivity index (χ0) is 21.8. The van der Waals surface area contributed by atoms with Crippen molar-refractivity contribution in [3.05, 3.63) is 100 Å². The number of fused-ring (bicyclic) bond motifs is 1. The lowest BCUT2D eigenvalue weighted by atomic mass is 10.0. The van der Waals surface area contributed by atoms with Gasteiger partial charge in [0.15, 0.2) is 0 Å². The Morgan fingerprint density at radius 1 is 1.06 bits per heavy atom. The molecular formula is C25H23ClN2O3. The third-order valence-electron chi connectivity index (χ3n) is 5.54. The number of amides is 2. The van der Waals surface area contributed by atoms with Gasteiger partial charge in [-0.05, 0) is 41.0 Å². The molecule has 1 aliphatic heterocycles. The number of benzene rings is 3. The summed E-state index contributed by atoms with van der Waals surface area (Å²) in [6.45, 7) is 0.811. The summed E-state index contributed by atoms with van der Waals surface area (Å²) in [6.07, 6.45) is 0.149. The monoisotopic (exact) mass is 434 g/mol. The largest absolute Gasteiger partial charge is 0.497 e. The van der Waals surface area contributed by atoms with Gasteiger partial charge in [0, 0.05) is 23.7 Å². The standard InChI is InChI=1S/C25H23ClN2O3/c1-31-20-12-10-17(11-13-20)23(28-16-19-7-2-4-8-21(19)25(28)30)14-24(29)27-15-18-6-3-5-9-22(18)26/h2-13,23H,14-16H2,1H3,(H,27,29)/t23-/m1/s1. The van der Waals surface area contributed by atoms with Crippen LogP contribution in [0.15, 0.2) is 72.8 Å². The molecule has 0 saturated carbocycles. The van der Waals surface area contributed by atoms with Crippen molar-refractivity contribution in [1.82, 2.24) is 10.2 Å². The van der Waals surface area contributed by atoms with E-state index >= 15 is 0 Å². The number of hydrogen-bond acceptors (Lipinski definition) is 3. The van der Waals surface area contributed by atoms with E-state index < -0.39 is 6.04 Å². The minimum absolute atomic E-state index is 0.0599. The first-order chi connectivity index (χ1) is 15.1. The zero-order valence-corrected chi connectivity index (χ0v) is 17.9. The fourth-order valence-electron chi connectivity index (χ4n) is 3.85. The molecule has 2 amide bonds. The number of methoxy groups -OCH3 is 1. The van der Waals surface area contributed by atoms with Crippen molar-refractivity contribution in [2.24, 2.45) is 0 Å². The lowest BCUT2D eigenvalue weighted by molar-refractivity contribution is -0.122. The molecule has 5 nitrogen and oxygen atoms in total. The molecule has 0 unspecified atom stereocenters. The number of nitrogens with one attached hydrogen (secondary N) is 1. The first-order valence-electron chi connectivity index (χ1n) is 10.1. The molecule has 0 saturated heterocycles. The second-order valence-corrected chi connectivity index (χ2v) is 7.86. The third-order valence-corrected chi connectivity index (χ3v) is 5.91. The van der Waals surface area contributed by atoms with Gasteiger partial charge in [-0.2, -0.15) is 0 Å². The second kappa shape index (κ2) is 9.23. The fraction of sp³-hybridized carbons (Fsp3) is 0.200. The quantitative estimate of drug-likeness (QED) is 0.583. The van der Waals surface area contributed by atoms with Gasteiger partial charge >= 0.3 is 0 Å². The Labute approximate surface area is 186 Å². The van der Waals surface area contributed by atoms with Crippen molar-refractivity contribution >= 4 is 23.4 Å². The van der Waals surface area contributed by atoms with E-state index in [-0.39, 0.29) is 18.2 Å². The Hall–Kier alpha value is -3.31. The lowest BCUT2D eigenvalue weighted by Gasteiger charge is -2.28. The van der Waals surface area contributed by atoms with E-state index in [1.54, 1.807) is 18.1 Å². The summed E-state index contributed by atoms with van der Waals surface area (Å²) in [6, 6.07) is 22.1. The fourth-order valence-corrected chi connectivity index (χ4v) is 4.05. The Bertz CT molecular complexity index is 1100. The van der Waals surface area contributed by atoms with Gasteiger partial charge in [-0.15, -0.1) is 0 Å². The Morgan fingerprint density at radius 2 is 1.77 bits per heavy atom. The minimum Gasteiger partial charge on any atom is -0.497 e. The van der Waals surface area contributed by atoms with Crippen LogP contribution in [0.2, 0.25) is 5.02 Å². The third kappa shape index (κ3) is 4.57. The van der Waals surface area contributed by atoms with Crippen LogP contribution >= 0.6 is 11.6 Å². The van der Waals surface area contributed by atoms with Crippen LogP contribution in [0.1, 0.15) is 39.5 Å².